The summed E-state index contributed by atoms with van der Waals surface area (Å²) in [6.07, 6.45) is 6.15. The first kappa shape index (κ1) is 43.3. The van der Waals surface area contributed by atoms with Crippen LogP contribution in [0.15, 0.2) is 48.8 Å². The summed E-state index contributed by atoms with van der Waals surface area (Å²) in [5.74, 6) is 2.00. The van der Waals surface area contributed by atoms with Crippen LogP contribution in [0.3, 0.4) is 0 Å². The van der Waals surface area contributed by atoms with Crippen molar-refractivity contribution in [3.63, 3.8) is 0 Å². The minimum atomic E-state index is -0.710. The quantitative estimate of drug-likeness (QED) is 0.0821. The van der Waals surface area contributed by atoms with E-state index in [4.69, 9.17) is 24.2 Å². The summed E-state index contributed by atoms with van der Waals surface area (Å²) in [5.41, 5.74) is 7.65. The fourth-order valence-electron chi connectivity index (χ4n) is 9.42. The lowest BCUT2D eigenvalue weighted by atomic mass is 9.91. The molecular weight excluding hydrogens is 803 g/mol. The number of methoxy groups -OCH3 is 2. The molecule has 334 valence electrons. The molecular formula is C47H59N9O7. The van der Waals surface area contributed by atoms with Gasteiger partial charge in [0.05, 0.1) is 55.8 Å². The molecule has 0 bridgehead atoms. The average molecular weight is 862 g/mol. The van der Waals surface area contributed by atoms with Gasteiger partial charge in [-0.25, -0.2) is 19.6 Å². The van der Waals surface area contributed by atoms with Gasteiger partial charge in [0.15, 0.2) is 0 Å². The minimum Gasteiger partial charge on any atom is -0.485 e. The molecule has 0 spiro atoms. The summed E-state index contributed by atoms with van der Waals surface area (Å²) in [7, 11) is 2.59. The Labute approximate surface area is 367 Å². The van der Waals surface area contributed by atoms with Crippen LogP contribution >= 0.6 is 0 Å². The number of alkyl carbamates (subject to hydrolysis) is 2. The van der Waals surface area contributed by atoms with Crippen LogP contribution in [0.4, 0.5) is 9.59 Å². The Morgan fingerprint density at radius 3 is 1.78 bits per heavy atom. The minimum absolute atomic E-state index is 0.123. The van der Waals surface area contributed by atoms with Crippen LogP contribution in [0.25, 0.3) is 44.7 Å². The highest BCUT2D eigenvalue weighted by atomic mass is 16.5. The fraction of sp³-hybridized carbons (Fsp3) is 0.489. The summed E-state index contributed by atoms with van der Waals surface area (Å²) in [6, 6.07) is 10.7. The third-order valence-electron chi connectivity index (χ3n) is 12.7. The number of aromatic nitrogens is 5. The summed E-state index contributed by atoms with van der Waals surface area (Å²) in [4.78, 5) is 75.6. The molecule has 5 aromatic rings. The van der Waals surface area contributed by atoms with Gasteiger partial charge in [-0.15, -0.1) is 0 Å². The van der Waals surface area contributed by atoms with Gasteiger partial charge in [0.1, 0.15) is 35.6 Å². The zero-order valence-electron chi connectivity index (χ0n) is 37.3. The number of carbonyl (C=O) groups excluding carboxylic acids is 4. The van der Waals surface area contributed by atoms with E-state index in [1.807, 2.05) is 49.9 Å². The Kier molecular flexibility index (Phi) is 12.3. The first-order valence-corrected chi connectivity index (χ1v) is 22.1. The number of carbonyl (C=O) groups is 4. The van der Waals surface area contributed by atoms with Crippen molar-refractivity contribution < 1.29 is 33.4 Å². The van der Waals surface area contributed by atoms with E-state index in [0.717, 1.165) is 88.1 Å². The van der Waals surface area contributed by atoms with Gasteiger partial charge in [0, 0.05) is 46.2 Å². The smallest absolute Gasteiger partial charge is 0.407 e. The number of imidazole rings is 2. The highest BCUT2D eigenvalue weighted by molar-refractivity contribution is 5.96. The van der Waals surface area contributed by atoms with Crippen molar-refractivity contribution in [2.75, 3.05) is 27.3 Å². The van der Waals surface area contributed by atoms with Crippen molar-refractivity contribution in [3.8, 4) is 39.5 Å². The maximum Gasteiger partial charge on any atom is 0.407 e. The number of nitrogens with zero attached hydrogens (tertiary/aromatic N) is 4. The van der Waals surface area contributed by atoms with Crippen molar-refractivity contribution in [1.82, 2.24) is 45.4 Å². The third kappa shape index (κ3) is 8.46. The molecule has 8 rings (SSSR count). The number of ether oxygens (including phenoxy) is 3. The zero-order chi connectivity index (χ0) is 44.7. The van der Waals surface area contributed by atoms with E-state index in [0.29, 0.717) is 30.7 Å². The van der Waals surface area contributed by atoms with Crippen molar-refractivity contribution in [2.45, 2.75) is 104 Å². The second-order valence-electron chi connectivity index (χ2n) is 18.1. The van der Waals surface area contributed by atoms with E-state index < -0.39 is 24.3 Å². The SMILES string of the molecule is COC(=O)NC(C(=O)N1CCC[C@H]1c1ncc(-c2ccc3[nH]c4c(c3c2)C(CC(C)C)Oc2cc(-c3cnc([C@@H]5CCCN5C(=O)[C@@H](NC(=O)OC)C(C)C)[nH]3)ccc2-4)[nH]1)C(C)C. The summed E-state index contributed by atoms with van der Waals surface area (Å²) < 4.78 is 16.5. The molecule has 2 aromatic carbocycles. The van der Waals surface area contributed by atoms with E-state index in [1.54, 1.807) is 0 Å². The number of likely N-dealkylation sites (tertiary alicyclic amines) is 2. The van der Waals surface area contributed by atoms with Crippen LogP contribution in [0.1, 0.15) is 109 Å². The molecule has 2 saturated heterocycles. The maximum atomic E-state index is 13.8. The van der Waals surface area contributed by atoms with Crippen molar-refractivity contribution in [1.29, 1.82) is 0 Å². The molecule has 6 heterocycles. The van der Waals surface area contributed by atoms with Crippen LogP contribution in [0.2, 0.25) is 0 Å². The highest BCUT2D eigenvalue weighted by Crippen LogP contribution is 2.49. The Hall–Kier alpha value is -6.32. The topological polar surface area (TPSA) is 200 Å². The van der Waals surface area contributed by atoms with E-state index in [-0.39, 0.29) is 41.8 Å². The average Bonchev–Trinajstić information content (AvgIpc) is 4.12. The molecule has 5 N–H and O–H groups in total. The standard InChI is InChI=1S/C47H59N9O7/c1-24(2)19-37-38-30-20-27(32-22-48-42(51-32)34-11-9-17-55(34)44(57)39(25(3)4)53-46(59)61-7)14-16-31(30)50-41(38)29-15-13-28(21-36(29)63-37)33-23-49-43(52-33)35-12-10-18-56(35)45(58)40(26(5)6)54-47(60)62-8/h13-16,20-26,34-35,37,39-40,50H,9-12,17-19H2,1-8H3,(H,48,51)(H,49,52)(H,53,59)(H,54,60)/t34-,35-,37?,39?,40-/m0/s1. The number of nitrogens with one attached hydrogen (secondary N) is 5. The molecule has 5 atom stereocenters. The number of hydrogen-bond donors (Lipinski definition) is 5. The van der Waals surface area contributed by atoms with E-state index in [1.165, 1.54) is 14.2 Å². The van der Waals surface area contributed by atoms with Crippen LogP contribution in [0, 0.1) is 17.8 Å². The molecule has 3 aliphatic rings. The lowest BCUT2D eigenvalue weighted by molar-refractivity contribution is -0.136. The number of H-pyrrole nitrogens is 3. The van der Waals surface area contributed by atoms with Crippen LogP contribution in [-0.4, -0.2) is 98.1 Å². The van der Waals surface area contributed by atoms with Gasteiger partial charge in [0.25, 0.3) is 0 Å². The maximum absolute atomic E-state index is 13.8. The molecule has 2 fully saturated rings. The Morgan fingerprint density at radius 1 is 0.746 bits per heavy atom. The van der Waals surface area contributed by atoms with Gasteiger partial charge in [-0.05, 0) is 74.1 Å². The summed E-state index contributed by atoms with van der Waals surface area (Å²) in [6.45, 7) is 13.2. The van der Waals surface area contributed by atoms with Gasteiger partial charge in [-0.3, -0.25) is 9.59 Å². The molecule has 16 heteroatoms. The molecule has 0 radical (unpaired) electrons. The monoisotopic (exact) mass is 861 g/mol. The van der Waals surface area contributed by atoms with Gasteiger partial charge in [-0.2, -0.15) is 0 Å². The Bertz CT molecular complexity index is 2500. The highest BCUT2D eigenvalue weighted by Gasteiger charge is 2.39. The second kappa shape index (κ2) is 17.8. The number of benzene rings is 2. The Balaban J connectivity index is 1.05. The van der Waals surface area contributed by atoms with Gasteiger partial charge < -0.3 is 49.6 Å². The predicted molar refractivity (Wildman–Crippen MR) is 237 cm³/mol. The van der Waals surface area contributed by atoms with Crippen LogP contribution in [0.5, 0.6) is 5.75 Å². The predicted octanol–water partition coefficient (Wildman–Crippen LogP) is 8.18. The number of hydrogen-bond acceptors (Lipinski definition) is 9. The summed E-state index contributed by atoms with van der Waals surface area (Å²) >= 11 is 0. The van der Waals surface area contributed by atoms with E-state index >= 15 is 0 Å². The van der Waals surface area contributed by atoms with Crippen molar-refractivity contribution >= 4 is 34.9 Å². The van der Waals surface area contributed by atoms with Crippen molar-refractivity contribution in [2.24, 2.45) is 17.8 Å². The molecule has 2 unspecified atom stereocenters. The molecule has 4 amide bonds. The second-order valence-corrected chi connectivity index (χ2v) is 18.1. The molecule has 3 aromatic heterocycles. The Morgan fingerprint density at radius 2 is 1.27 bits per heavy atom. The van der Waals surface area contributed by atoms with Gasteiger partial charge in [0.2, 0.25) is 11.8 Å². The molecule has 0 aliphatic carbocycles. The lowest BCUT2D eigenvalue weighted by Crippen LogP contribution is -2.51. The summed E-state index contributed by atoms with van der Waals surface area (Å²) in [5, 5.41) is 6.50. The molecule has 16 nitrogen and oxygen atoms in total. The van der Waals surface area contributed by atoms with Gasteiger partial charge >= 0.3 is 12.2 Å². The normalized spacial score (nSPS) is 19.3. The largest absolute Gasteiger partial charge is 0.485 e. The van der Waals surface area contributed by atoms with E-state index in [2.05, 4.69) is 75.8 Å². The molecule has 3 aliphatic heterocycles. The van der Waals surface area contributed by atoms with Crippen LogP contribution < -0.4 is 15.4 Å². The first-order valence-electron chi connectivity index (χ1n) is 22.1. The van der Waals surface area contributed by atoms with E-state index in [9.17, 15) is 19.2 Å². The fourth-order valence-corrected chi connectivity index (χ4v) is 9.42. The number of fused-ring (bicyclic) bond motifs is 5. The van der Waals surface area contributed by atoms with Crippen molar-refractivity contribution in [3.05, 3.63) is 66.0 Å². The zero-order valence-corrected chi connectivity index (χ0v) is 37.3. The van der Waals surface area contributed by atoms with Gasteiger partial charge in [-0.1, -0.05) is 53.7 Å². The number of aromatic amines is 3. The number of amides is 4. The number of rotatable bonds is 12. The first-order chi connectivity index (χ1) is 30.3. The lowest BCUT2D eigenvalue weighted by Gasteiger charge is -2.30. The molecule has 0 saturated carbocycles. The van der Waals surface area contributed by atoms with Crippen LogP contribution in [-0.2, 0) is 19.1 Å². The third-order valence-corrected chi connectivity index (χ3v) is 12.7. The molecule has 63 heavy (non-hydrogen) atoms.